The minimum absolute atomic E-state index is 0.0150. The Labute approximate surface area is 133 Å². The standard InChI is InChI=1S/C15H18ClFN2O3/c1-8-6-11(20)18-19-14(8)9-4-5-10(12(16)13(9)17)22-7-15(2,3)21/h4-5,8,21H,6-7H2,1-3H3,(H,18,20)/t8-/m1/s1. The fourth-order valence-electron chi connectivity index (χ4n) is 2.07. The quantitative estimate of drug-likeness (QED) is 0.892. The highest BCUT2D eigenvalue weighted by Crippen LogP contribution is 2.32. The van der Waals surface area contributed by atoms with Gasteiger partial charge in [0.05, 0.1) is 11.3 Å². The van der Waals surface area contributed by atoms with Gasteiger partial charge in [-0.25, -0.2) is 9.82 Å². The molecule has 2 N–H and O–H groups in total. The van der Waals surface area contributed by atoms with Crippen molar-refractivity contribution < 1.29 is 19.0 Å². The highest BCUT2D eigenvalue weighted by atomic mass is 35.5. The molecule has 0 fully saturated rings. The fourth-order valence-corrected chi connectivity index (χ4v) is 2.29. The average molecular weight is 329 g/mol. The Morgan fingerprint density at radius 1 is 1.55 bits per heavy atom. The van der Waals surface area contributed by atoms with Gasteiger partial charge in [-0.3, -0.25) is 4.79 Å². The third-order valence-electron chi connectivity index (χ3n) is 3.16. The summed E-state index contributed by atoms with van der Waals surface area (Å²) in [6.45, 7) is 4.93. The Hall–Kier alpha value is -1.66. The molecule has 1 aromatic carbocycles. The van der Waals surface area contributed by atoms with Crippen LogP contribution < -0.4 is 10.2 Å². The summed E-state index contributed by atoms with van der Waals surface area (Å²) in [7, 11) is 0. The van der Waals surface area contributed by atoms with Crippen molar-refractivity contribution in [1.29, 1.82) is 0 Å². The van der Waals surface area contributed by atoms with Crippen LogP contribution in [0.3, 0.4) is 0 Å². The SMILES string of the molecule is C[C@@H]1CC(=O)NN=C1c1ccc(OCC(C)(C)O)c(Cl)c1F. The summed E-state index contributed by atoms with van der Waals surface area (Å²) in [4.78, 5) is 11.3. The number of benzene rings is 1. The van der Waals surface area contributed by atoms with E-state index in [1.807, 2.05) is 0 Å². The number of hydrogen-bond donors (Lipinski definition) is 2. The topological polar surface area (TPSA) is 70.9 Å². The van der Waals surface area contributed by atoms with Crippen molar-refractivity contribution >= 4 is 23.2 Å². The minimum Gasteiger partial charge on any atom is -0.489 e. The van der Waals surface area contributed by atoms with Gasteiger partial charge in [-0.05, 0) is 26.0 Å². The molecule has 0 saturated carbocycles. The maximum Gasteiger partial charge on any atom is 0.240 e. The smallest absolute Gasteiger partial charge is 0.240 e. The zero-order valence-electron chi connectivity index (χ0n) is 12.6. The average Bonchev–Trinajstić information content (AvgIpc) is 2.40. The van der Waals surface area contributed by atoms with E-state index in [1.54, 1.807) is 20.8 Å². The molecule has 0 unspecified atom stereocenters. The van der Waals surface area contributed by atoms with Crippen LogP contribution in [0.1, 0.15) is 32.8 Å². The number of rotatable bonds is 4. The summed E-state index contributed by atoms with van der Waals surface area (Å²) in [5.41, 5.74) is 1.96. The molecule has 1 heterocycles. The first-order valence-corrected chi connectivity index (χ1v) is 7.27. The third-order valence-corrected chi connectivity index (χ3v) is 3.52. The number of aliphatic hydroxyl groups is 1. The lowest BCUT2D eigenvalue weighted by Crippen LogP contribution is -2.32. The molecule has 0 spiro atoms. The lowest BCUT2D eigenvalue weighted by atomic mass is 9.94. The molecular formula is C15H18ClFN2O3. The van der Waals surface area contributed by atoms with E-state index in [1.165, 1.54) is 12.1 Å². The maximum absolute atomic E-state index is 14.5. The van der Waals surface area contributed by atoms with Gasteiger partial charge in [-0.15, -0.1) is 0 Å². The summed E-state index contributed by atoms with van der Waals surface area (Å²) in [5, 5.41) is 13.4. The van der Waals surface area contributed by atoms with Crippen LogP contribution in [-0.4, -0.2) is 28.9 Å². The van der Waals surface area contributed by atoms with Crippen LogP contribution in [0.5, 0.6) is 5.75 Å². The summed E-state index contributed by atoms with van der Waals surface area (Å²) in [5.74, 6) is -0.912. The van der Waals surface area contributed by atoms with E-state index in [9.17, 15) is 14.3 Å². The van der Waals surface area contributed by atoms with Gasteiger partial charge in [0.15, 0.2) is 5.82 Å². The van der Waals surface area contributed by atoms with Crippen molar-refractivity contribution in [3.05, 3.63) is 28.5 Å². The molecule has 1 amide bonds. The fraction of sp³-hybridized carbons (Fsp3) is 0.467. The number of nitrogens with one attached hydrogen (secondary N) is 1. The van der Waals surface area contributed by atoms with Crippen molar-refractivity contribution in [2.75, 3.05) is 6.61 Å². The minimum atomic E-state index is -1.05. The van der Waals surface area contributed by atoms with Crippen molar-refractivity contribution in [3.63, 3.8) is 0 Å². The zero-order chi connectivity index (χ0) is 16.5. The number of hydrazone groups is 1. The molecule has 0 aromatic heterocycles. The Kier molecular flexibility index (Phi) is 4.72. The van der Waals surface area contributed by atoms with Crippen molar-refractivity contribution in [1.82, 2.24) is 5.43 Å². The van der Waals surface area contributed by atoms with Gasteiger partial charge in [0.1, 0.15) is 17.4 Å². The number of ether oxygens (including phenoxy) is 1. The molecule has 2 rings (SSSR count). The van der Waals surface area contributed by atoms with Crippen LogP contribution in [0.4, 0.5) is 4.39 Å². The highest BCUT2D eigenvalue weighted by molar-refractivity contribution is 6.32. The molecule has 0 radical (unpaired) electrons. The molecular weight excluding hydrogens is 311 g/mol. The van der Waals surface area contributed by atoms with Gasteiger partial charge >= 0.3 is 0 Å². The third kappa shape index (κ3) is 3.75. The van der Waals surface area contributed by atoms with Crippen molar-refractivity contribution in [3.8, 4) is 5.75 Å². The van der Waals surface area contributed by atoms with E-state index >= 15 is 0 Å². The maximum atomic E-state index is 14.5. The second-order valence-corrected chi connectivity index (χ2v) is 6.36. The molecule has 1 aliphatic rings. The van der Waals surface area contributed by atoms with Gasteiger partial charge in [-0.2, -0.15) is 5.10 Å². The van der Waals surface area contributed by atoms with E-state index in [4.69, 9.17) is 16.3 Å². The Balaban J connectivity index is 2.29. The molecule has 120 valence electrons. The molecule has 7 heteroatoms. The first-order chi connectivity index (χ1) is 10.2. The molecule has 1 atom stereocenters. The Morgan fingerprint density at radius 2 is 2.23 bits per heavy atom. The summed E-state index contributed by atoms with van der Waals surface area (Å²) >= 11 is 6.00. The molecule has 0 saturated heterocycles. The number of nitrogens with zero attached hydrogens (tertiary/aromatic N) is 1. The second kappa shape index (κ2) is 6.22. The van der Waals surface area contributed by atoms with E-state index < -0.39 is 11.4 Å². The van der Waals surface area contributed by atoms with Gasteiger partial charge in [0, 0.05) is 17.9 Å². The van der Waals surface area contributed by atoms with Crippen LogP contribution in [-0.2, 0) is 4.79 Å². The Bertz CT molecular complexity index is 626. The van der Waals surface area contributed by atoms with E-state index in [0.29, 0.717) is 5.71 Å². The van der Waals surface area contributed by atoms with E-state index in [0.717, 1.165) is 0 Å². The van der Waals surface area contributed by atoms with Crippen molar-refractivity contribution in [2.45, 2.75) is 32.8 Å². The lowest BCUT2D eigenvalue weighted by molar-refractivity contribution is -0.121. The van der Waals surface area contributed by atoms with Crippen LogP contribution in [0.15, 0.2) is 17.2 Å². The number of hydrogen-bond acceptors (Lipinski definition) is 4. The second-order valence-electron chi connectivity index (χ2n) is 5.98. The predicted molar refractivity (Wildman–Crippen MR) is 81.7 cm³/mol. The molecule has 0 bridgehead atoms. The van der Waals surface area contributed by atoms with Crippen LogP contribution in [0, 0.1) is 11.7 Å². The number of carbonyl (C=O) groups is 1. The number of amides is 1. The highest BCUT2D eigenvalue weighted by Gasteiger charge is 2.26. The molecule has 22 heavy (non-hydrogen) atoms. The van der Waals surface area contributed by atoms with Crippen molar-refractivity contribution in [2.24, 2.45) is 11.0 Å². The molecule has 5 nitrogen and oxygen atoms in total. The molecule has 0 aliphatic carbocycles. The van der Waals surface area contributed by atoms with Crippen LogP contribution in [0.25, 0.3) is 0 Å². The van der Waals surface area contributed by atoms with Gasteiger partial charge in [0.2, 0.25) is 5.91 Å². The van der Waals surface area contributed by atoms with Gasteiger partial charge in [-0.1, -0.05) is 18.5 Å². The summed E-state index contributed by atoms with van der Waals surface area (Å²) < 4.78 is 19.8. The van der Waals surface area contributed by atoms with Gasteiger partial charge in [0.25, 0.3) is 0 Å². The van der Waals surface area contributed by atoms with Gasteiger partial charge < -0.3 is 9.84 Å². The first kappa shape index (κ1) is 16.7. The largest absolute Gasteiger partial charge is 0.489 e. The number of halogens is 2. The first-order valence-electron chi connectivity index (χ1n) is 6.89. The monoisotopic (exact) mass is 328 g/mol. The summed E-state index contributed by atoms with van der Waals surface area (Å²) in [6.07, 6.45) is 0.243. The normalized spacial score (nSPS) is 18.7. The Morgan fingerprint density at radius 3 is 2.82 bits per heavy atom. The van der Waals surface area contributed by atoms with Crippen LogP contribution >= 0.6 is 11.6 Å². The molecule has 1 aliphatic heterocycles. The predicted octanol–water partition coefficient (Wildman–Crippen LogP) is 2.49. The zero-order valence-corrected chi connectivity index (χ0v) is 13.4. The lowest BCUT2D eigenvalue weighted by Gasteiger charge is -2.21. The van der Waals surface area contributed by atoms with E-state index in [-0.39, 0.29) is 41.2 Å². The summed E-state index contributed by atoms with van der Waals surface area (Å²) in [6, 6.07) is 3.03. The number of carbonyl (C=O) groups excluding carboxylic acids is 1. The molecule has 1 aromatic rings. The van der Waals surface area contributed by atoms with Crippen LogP contribution in [0.2, 0.25) is 5.02 Å². The van der Waals surface area contributed by atoms with E-state index in [2.05, 4.69) is 10.5 Å².